The molecule has 0 aliphatic carbocycles. The van der Waals surface area contributed by atoms with Crippen molar-refractivity contribution < 1.29 is 24.5 Å². The Balaban J connectivity index is 2.61. The van der Waals surface area contributed by atoms with E-state index in [0.717, 1.165) is 0 Å². The highest BCUT2D eigenvalue weighted by Crippen LogP contribution is 2.35. The topological polar surface area (TPSA) is 87.1 Å². The number of ketones is 1. The highest BCUT2D eigenvalue weighted by Gasteiger charge is 2.21. The number of carbonyl (C=O) groups excluding carboxylic acids is 2. The Labute approximate surface area is 127 Å². The van der Waals surface area contributed by atoms with Gasteiger partial charge in [0.25, 0.3) is 6.47 Å². The lowest BCUT2D eigenvalue weighted by molar-refractivity contribution is -0.120. The Morgan fingerprint density at radius 1 is 1.09 bits per heavy atom. The van der Waals surface area contributed by atoms with Crippen LogP contribution in [0.2, 0.25) is 0 Å². The molecule has 0 saturated carbocycles. The first-order valence-corrected chi connectivity index (χ1v) is 6.43. The molecule has 114 valence electrons. The maximum absolute atomic E-state index is 12.6. The van der Waals surface area contributed by atoms with Crippen molar-refractivity contribution in [1.29, 1.82) is 0 Å². The first-order valence-electron chi connectivity index (χ1n) is 6.43. The van der Waals surface area contributed by atoms with Gasteiger partial charge in [0.05, 0.1) is 16.8 Å². The molecule has 0 amide bonds. The van der Waals surface area contributed by atoms with Gasteiger partial charge < -0.3 is 19.8 Å². The van der Waals surface area contributed by atoms with Gasteiger partial charge in [-0.15, -0.1) is 0 Å². The molecule has 0 aliphatic rings. The smallest absolute Gasteiger partial charge is 0.298 e. The second-order valence-electron chi connectivity index (χ2n) is 4.79. The third kappa shape index (κ3) is 2.85. The lowest BCUT2D eigenvalue weighted by Crippen LogP contribution is -2.12. The van der Waals surface area contributed by atoms with Crippen LogP contribution in [-0.2, 0) is 4.79 Å². The van der Waals surface area contributed by atoms with Crippen molar-refractivity contribution in [3.63, 3.8) is 0 Å². The number of carbonyl (C=O) groups is 2. The van der Waals surface area contributed by atoms with Crippen LogP contribution in [0.15, 0.2) is 36.4 Å². The van der Waals surface area contributed by atoms with Crippen LogP contribution < -0.4 is 9.64 Å². The summed E-state index contributed by atoms with van der Waals surface area (Å²) in [5, 5.41) is 19.7. The SMILES string of the molecule is CN(C)c1cc(C(=O)c2ccccc2O)c(OC=O)cc1O. The monoisotopic (exact) mass is 301 g/mol. The molecule has 2 rings (SSSR count). The van der Waals surface area contributed by atoms with E-state index in [1.165, 1.54) is 24.3 Å². The summed E-state index contributed by atoms with van der Waals surface area (Å²) in [6, 6.07) is 8.66. The fourth-order valence-electron chi connectivity index (χ4n) is 2.05. The van der Waals surface area contributed by atoms with Crippen molar-refractivity contribution in [3.05, 3.63) is 47.5 Å². The Hall–Kier alpha value is -3.02. The molecule has 0 fully saturated rings. The van der Waals surface area contributed by atoms with E-state index in [4.69, 9.17) is 4.74 Å². The zero-order valence-electron chi connectivity index (χ0n) is 12.1. The van der Waals surface area contributed by atoms with Crippen molar-refractivity contribution in [2.75, 3.05) is 19.0 Å². The summed E-state index contributed by atoms with van der Waals surface area (Å²) in [6.07, 6.45) is 0. The van der Waals surface area contributed by atoms with Gasteiger partial charge in [0.2, 0.25) is 5.78 Å². The van der Waals surface area contributed by atoms with Gasteiger partial charge in [0, 0.05) is 20.2 Å². The van der Waals surface area contributed by atoms with Crippen LogP contribution in [0.5, 0.6) is 17.2 Å². The number of anilines is 1. The molecule has 0 radical (unpaired) electrons. The van der Waals surface area contributed by atoms with Gasteiger partial charge >= 0.3 is 0 Å². The normalized spacial score (nSPS) is 10.1. The van der Waals surface area contributed by atoms with Gasteiger partial charge in [-0.2, -0.15) is 0 Å². The first-order chi connectivity index (χ1) is 10.5. The second kappa shape index (κ2) is 6.17. The largest absolute Gasteiger partial charge is 0.507 e. The highest BCUT2D eigenvalue weighted by atomic mass is 16.5. The second-order valence-corrected chi connectivity index (χ2v) is 4.79. The molecule has 0 heterocycles. The van der Waals surface area contributed by atoms with Gasteiger partial charge in [-0.3, -0.25) is 9.59 Å². The van der Waals surface area contributed by atoms with E-state index < -0.39 is 5.78 Å². The minimum absolute atomic E-state index is 0.0649. The number of phenolic OH excluding ortho intramolecular Hbond substituents is 2. The molecule has 2 N–H and O–H groups in total. The fraction of sp³-hybridized carbons (Fsp3) is 0.125. The van der Waals surface area contributed by atoms with Gasteiger partial charge in [-0.25, -0.2) is 0 Å². The molecule has 0 atom stereocenters. The number of benzene rings is 2. The average Bonchev–Trinajstić information content (AvgIpc) is 2.47. The van der Waals surface area contributed by atoms with Crippen LogP contribution in [0, 0.1) is 0 Å². The van der Waals surface area contributed by atoms with Crippen LogP contribution in [0.1, 0.15) is 15.9 Å². The van der Waals surface area contributed by atoms with Crippen LogP contribution in [0.3, 0.4) is 0 Å². The molecule has 2 aromatic carbocycles. The van der Waals surface area contributed by atoms with Crippen molar-refractivity contribution in [2.45, 2.75) is 0 Å². The molecule has 0 spiro atoms. The number of hydrogen-bond acceptors (Lipinski definition) is 6. The van der Waals surface area contributed by atoms with Crippen molar-refractivity contribution >= 4 is 17.9 Å². The van der Waals surface area contributed by atoms with Crippen LogP contribution in [0.4, 0.5) is 5.69 Å². The zero-order valence-corrected chi connectivity index (χ0v) is 12.1. The highest BCUT2D eigenvalue weighted by molar-refractivity contribution is 6.13. The van der Waals surface area contributed by atoms with E-state index in [2.05, 4.69) is 0 Å². The third-order valence-corrected chi connectivity index (χ3v) is 3.13. The molecule has 22 heavy (non-hydrogen) atoms. The minimum atomic E-state index is -0.516. The molecule has 6 heteroatoms. The number of rotatable bonds is 5. The molecule has 2 aromatic rings. The van der Waals surface area contributed by atoms with Crippen LogP contribution in [0.25, 0.3) is 0 Å². The third-order valence-electron chi connectivity index (χ3n) is 3.13. The Kier molecular flexibility index (Phi) is 4.31. The summed E-state index contributed by atoms with van der Waals surface area (Å²) in [4.78, 5) is 24.8. The van der Waals surface area contributed by atoms with E-state index in [-0.39, 0.29) is 34.8 Å². The van der Waals surface area contributed by atoms with Crippen molar-refractivity contribution in [1.82, 2.24) is 0 Å². The number of phenols is 2. The van der Waals surface area contributed by atoms with E-state index >= 15 is 0 Å². The molecular formula is C16H15NO5. The predicted octanol–water partition coefficient (Wildman–Crippen LogP) is 1.93. The fourth-order valence-corrected chi connectivity index (χ4v) is 2.05. The summed E-state index contributed by atoms with van der Waals surface area (Å²) < 4.78 is 4.77. The van der Waals surface area contributed by atoms with Gasteiger partial charge in [-0.1, -0.05) is 12.1 Å². The summed E-state index contributed by atoms with van der Waals surface area (Å²) in [5.41, 5.74) is 0.528. The summed E-state index contributed by atoms with van der Waals surface area (Å²) >= 11 is 0. The average molecular weight is 301 g/mol. The lowest BCUT2D eigenvalue weighted by atomic mass is 10.0. The van der Waals surface area contributed by atoms with Crippen molar-refractivity contribution in [3.8, 4) is 17.2 Å². The van der Waals surface area contributed by atoms with Gasteiger partial charge in [0.1, 0.15) is 17.2 Å². The number of hydrogen-bond donors (Lipinski definition) is 2. The number of para-hydroxylation sites is 1. The van der Waals surface area contributed by atoms with E-state index in [0.29, 0.717) is 5.69 Å². The van der Waals surface area contributed by atoms with Gasteiger partial charge in [-0.05, 0) is 18.2 Å². The molecule has 0 bridgehead atoms. The number of nitrogens with zero attached hydrogens (tertiary/aromatic N) is 1. The van der Waals surface area contributed by atoms with Gasteiger partial charge in [0.15, 0.2) is 0 Å². The Morgan fingerprint density at radius 3 is 2.36 bits per heavy atom. The predicted molar refractivity (Wildman–Crippen MR) is 80.7 cm³/mol. The van der Waals surface area contributed by atoms with E-state index in [1.54, 1.807) is 31.1 Å². The summed E-state index contributed by atoms with van der Waals surface area (Å²) in [5.74, 6) is -0.899. The summed E-state index contributed by atoms with van der Waals surface area (Å²) in [7, 11) is 3.40. The lowest BCUT2D eigenvalue weighted by Gasteiger charge is -2.17. The maximum Gasteiger partial charge on any atom is 0.298 e. The van der Waals surface area contributed by atoms with Crippen molar-refractivity contribution in [2.24, 2.45) is 0 Å². The Bertz CT molecular complexity index is 724. The quantitative estimate of drug-likeness (QED) is 0.648. The molecule has 6 nitrogen and oxygen atoms in total. The molecule has 0 aliphatic heterocycles. The van der Waals surface area contributed by atoms with Crippen LogP contribution >= 0.6 is 0 Å². The number of aromatic hydroxyl groups is 2. The minimum Gasteiger partial charge on any atom is -0.507 e. The summed E-state index contributed by atoms with van der Waals surface area (Å²) in [6.45, 7) is 0.172. The van der Waals surface area contributed by atoms with E-state index in [9.17, 15) is 19.8 Å². The molecule has 0 aromatic heterocycles. The zero-order chi connectivity index (χ0) is 16.3. The maximum atomic E-state index is 12.6. The number of ether oxygens (including phenoxy) is 1. The standard InChI is InChI=1S/C16H15NO5/c1-17(2)12-7-11(15(22-9-18)8-14(12)20)16(21)10-5-3-4-6-13(10)19/h3-9,19-20H,1-2H3. The van der Waals surface area contributed by atoms with E-state index in [1.807, 2.05) is 0 Å². The molecule has 0 saturated heterocycles. The first kappa shape index (κ1) is 15.4. The Morgan fingerprint density at radius 2 is 1.77 bits per heavy atom. The van der Waals surface area contributed by atoms with Crippen LogP contribution in [-0.4, -0.2) is 36.6 Å². The molecular weight excluding hydrogens is 286 g/mol. The molecule has 0 unspecified atom stereocenters.